The zero-order valence-electron chi connectivity index (χ0n) is 12.3. The number of ether oxygens (including phenoxy) is 1. The van der Waals surface area contributed by atoms with Crippen LogP contribution in [0.2, 0.25) is 0 Å². The zero-order valence-corrected chi connectivity index (χ0v) is 12.3. The fraction of sp³-hybridized carbons (Fsp3) is 0.600. The second kappa shape index (κ2) is 6.11. The summed E-state index contributed by atoms with van der Waals surface area (Å²) < 4.78 is 4.72. The Morgan fingerprint density at radius 2 is 2.30 bits per heavy atom. The van der Waals surface area contributed by atoms with E-state index in [2.05, 4.69) is 24.1 Å². The number of nitrogens with one attached hydrogen (secondary N) is 1. The van der Waals surface area contributed by atoms with Crippen molar-refractivity contribution in [2.45, 2.75) is 39.2 Å². The zero-order chi connectivity index (χ0) is 14.7. The van der Waals surface area contributed by atoms with E-state index in [1.54, 1.807) is 6.07 Å². The maximum absolute atomic E-state index is 11.6. The largest absolute Gasteiger partial charge is 0.465 e. The summed E-state index contributed by atoms with van der Waals surface area (Å²) in [6.07, 6.45) is 5.10. The smallest absolute Gasteiger partial charge is 0.340 e. The first-order valence-electron chi connectivity index (χ1n) is 7.17. The lowest BCUT2D eigenvalue weighted by Gasteiger charge is -2.21. The first-order chi connectivity index (χ1) is 9.56. The summed E-state index contributed by atoms with van der Waals surface area (Å²) in [6.45, 7) is 4.51. The Hall–Kier alpha value is -1.78. The van der Waals surface area contributed by atoms with Gasteiger partial charge in [0.1, 0.15) is 5.82 Å². The number of nitrogens with zero attached hydrogens (tertiary/aromatic N) is 1. The number of rotatable bonds is 4. The molecule has 0 aliphatic heterocycles. The van der Waals surface area contributed by atoms with Gasteiger partial charge in [-0.3, -0.25) is 0 Å². The van der Waals surface area contributed by atoms with Gasteiger partial charge in [0.05, 0.1) is 24.6 Å². The molecule has 1 saturated carbocycles. The molecule has 1 aliphatic rings. The summed E-state index contributed by atoms with van der Waals surface area (Å²) in [5.74, 6) is 1.63. The number of aromatic nitrogens is 1. The number of hydrogen-bond donors (Lipinski definition) is 2. The lowest BCUT2D eigenvalue weighted by molar-refractivity contribution is 0.0602. The third-order valence-corrected chi connectivity index (χ3v) is 4.42. The van der Waals surface area contributed by atoms with Crippen LogP contribution in [0.15, 0.2) is 12.3 Å². The summed E-state index contributed by atoms with van der Waals surface area (Å²) in [6, 6.07) is 2.08. The molecule has 1 heterocycles. The predicted octanol–water partition coefficient (Wildman–Crippen LogP) is 2.69. The van der Waals surface area contributed by atoms with Crippen LogP contribution in [0.1, 0.15) is 43.5 Å². The quantitative estimate of drug-likeness (QED) is 0.827. The highest BCUT2D eigenvalue weighted by Gasteiger charge is 2.31. The number of methoxy groups -OCH3 is 1. The standard InChI is InChI=1S/C15H23N3O2/c1-4-10-5-6-13(9(10)2)18-14-7-11(15(19)20-3)12(16)8-17-14/h7-10,13H,4-6,16H2,1-3H3,(H,17,18). The first-order valence-corrected chi connectivity index (χ1v) is 7.17. The fourth-order valence-electron chi connectivity index (χ4n) is 3.05. The molecule has 0 radical (unpaired) electrons. The van der Waals surface area contributed by atoms with E-state index in [0.717, 1.165) is 12.3 Å². The molecule has 20 heavy (non-hydrogen) atoms. The van der Waals surface area contributed by atoms with E-state index in [-0.39, 0.29) is 0 Å². The van der Waals surface area contributed by atoms with E-state index in [1.807, 2.05) is 0 Å². The van der Waals surface area contributed by atoms with Crippen molar-refractivity contribution in [3.63, 3.8) is 0 Å². The van der Waals surface area contributed by atoms with Crippen LogP contribution in [-0.4, -0.2) is 24.1 Å². The Balaban J connectivity index is 2.12. The van der Waals surface area contributed by atoms with E-state index in [4.69, 9.17) is 10.5 Å². The molecule has 0 aromatic carbocycles. The summed E-state index contributed by atoms with van der Waals surface area (Å²) >= 11 is 0. The molecule has 5 heteroatoms. The Morgan fingerprint density at radius 1 is 1.55 bits per heavy atom. The van der Waals surface area contributed by atoms with Gasteiger partial charge in [-0.2, -0.15) is 0 Å². The summed E-state index contributed by atoms with van der Waals surface area (Å²) in [5.41, 5.74) is 6.46. The first kappa shape index (κ1) is 14.6. The minimum Gasteiger partial charge on any atom is -0.465 e. The number of carbonyl (C=O) groups is 1. The molecule has 3 atom stereocenters. The molecule has 1 aliphatic carbocycles. The monoisotopic (exact) mass is 277 g/mol. The van der Waals surface area contributed by atoms with Crippen molar-refractivity contribution in [3.8, 4) is 0 Å². The van der Waals surface area contributed by atoms with Gasteiger partial charge in [-0.1, -0.05) is 20.3 Å². The molecule has 0 bridgehead atoms. The number of nitrogen functional groups attached to an aromatic ring is 1. The van der Waals surface area contributed by atoms with E-state index < -0.39 is 5.97 Å². The Kier molecular flexibility index (Phi) is 4.47. The molecule has 0 spiro atoms. The molecule has 1 fully saturated rings. The van der Waals surface area contributed by atoms with Crippen LogP contribution in [0, 0.1) is 11.8 Å². The highest BCUT2D eigenvalue weighted by atomic mass is 16.5. The normalized spacial score (nSPS) is 25.4. The number of nitrogens with two attached hydrogens (primary N) is 1. The predicted molar refractivity (Wildman–Crippen MR) is 79.6 cm³/mol. The molecule has 1 aromatic heterocycles. The second-order valence-corrected chi connectivity index (χ2v) is 5.50. The molecule has 110 valence electrons. The fourth-order valence-corrected chi connectivity index (χ4v) is 3.05. The molecule has 0 amide bonds. The molecule has 1 aromatic rings. The van der Waals surface area contributed by atoms with Crippen molar-refractivity contribution in [2.75, 3.05) is 18.2 Å². The van der Waals surface area contributed by atoms with Crippen LogP contribution >= 0.6 is 0 Å². The average molecular weight is 277 g/mol. The van der Waals surface area contributed by atoms with Gasteiger partial charge < -0.3 is 15.8 Å². The molecule has 5 nitrogen and oxygen atoms in total. The summed E-state index contributed by atoms with van der Waals surface area (Å²) in [7, 11) is 1.35. The summed E-state index contributed by atoms with van der Waals surface area (Å²) in [5, 5.41) is 3.43. The minimum absolute atomic E-state index is 0.341. The highest BCUT2D eigenvalue weighted by molar-refractivity contribution is 5.95. The topological polar surface area (TPSA) is 77.2 Å². The molecule has 3 unspecified atom stereocenters. The highest BCUT2D eigenvalue weighted by Crippen LogP contribution is 2.35. The van der Waals surface area contributed by atoms with E-state index in [1.165, 1.54) is 26.1 Å². The van der Waals surface area contributed by atoms with Gasteiger partial charge >= 0.3 is 5.97 Å². The Bertz CT molecular complexity index is 490. The van der Waals surface area contributed by atoms with Crippen LogP contribution in [0.25, 0.3) is 0 Å². The van der Waals surface area contributed by atoms with Crippen molar-refractivity contribution in [3.05, 3.63) is 17.8 Å². The molecular weight excluding hydrogens is 254 g/mol. The molecule has 2 rings (SSSR count). The summed E-state index contributed by atoms with van der Waals surface area (Å²) in [4.78, 5) is 15.9. The van der Waals surface area contributed by atoms with Crippen LogP contribution in [-0.2, 0) is 4.74 Å². The van der Waals surface area contributed by atoms with Crippen molar-refractivity contribution < 1.29 is 9.53 Å². The van der Waals surface area contributed by atoms with Crippen molar-refractivity contribution >= 4 is 17.5 Å². The second-order valence-electron chi connectivity index (χ2n) is 5.50. The van der Waals surface area contributed by atoms with Gasteiger partial charge in [-0.25, -0.2) is 9.78 Å². The van der Waals surface area contributed by atoms with Gasteiger partial charge in [0.2, 0.25) is 0 Å². The molecular formula is C15H23N3O2. The Morgan fingerprint density at radius 3 is 2.90 bits per heavy atom. The number of pyridine rings is 1. The average Bonchev–Trinajstić information content (AvgIpc) is 2.80. The van der Waals surface area contributed by atoms with Crippen LogP contribution in [0.5, 0.6) is 0 Å². The van der Waals surface area contributed by atoms with Gasteiger partial charge in [-0.15, -0.1) is 0 Å². The third kappa shape index (κ3) is 2.86. The maximum Gasteiger partial charge on any atom is 0.340 e. The number of esters is 1. The van der Waals surface area contributed by atoms with Crippen LogP contribution in [0.4, 0.5) is 11.5 Å². The molecule has 0 saturated heterocycles. The Labute approximate surface area is 119 Å². The van der Waals surface area contributed by atoms with Gasteiger partial charge in [-0.05, 0) is 30.7 Å². The van der Waals surface area contributed by atoms with Crippen LogP contribution in [0.3, 0.4) is 0 Å². The van der Waals surface area contributed by atoms with Crippen molar-refractivity contribution in [2.24, 2.45) is 11.8 Å². The minimum atomic E-state index is -0.432. The van der Waals surface area contributed by atoms with Crippen molar-refractivity contribution in [1.29, 1.82) is 0 Å². The third-order valence-electron chi connectivity index (χ3n) is 4.42. The van der Waals surface area contributed by atoms with E-state index in [0.29, 0.717) is 29.0 Å². The lowest BCUT2D eigenvalue weighted by atomic mass is 9.93. The van der Waals surface area contributed by atoms with Gasteiger partial charge in [0.15, 0.2) is 0 Å². The number of carbonyl (C=O) groups excluding carboxylic acids is 1. The number of hydrogen-bond acceptors (Lipinski definition) is 5. The molecule has 3 N–H and O–H groups in total. The van der Waals surface area contributed by atoms with E-state index >= 15 is 0 Å². The van der Waals surface area contributed by atoms with E-state index in [9.17, 15) is 4.79 Å². The number of anilines is 2. The van der Waals surface area contributed by atoms with Gasteiger partial charge in [0, 0.05) is 6.04 Å². The van der Waals surface area contributed by atoms with Crippen molar-refractivity contribution in [1.82, 2.24) is 4.98 Å². The van der Waals surface area contributed by atoms with Crippen LogP contribution < -0.4 is 11.1 Å². The SMILES string of the molecule is CCC1CCC(Nc2cc(C(=O)OC)c(N)cn2)C1C. The van der Waals surface area contributed by atoms with Gasteiger partial charge in [0.25, 0.3) is 0 Å². The lowest BCUT2D eigenvalue weighted by Crippen LogP contribution is -2.25. The maximum atomic E-state index is 11.6.